The van der Waals surface area contributed by atoms with Crippen molar-refractivity contribution in [1.82, 2.24) is 10.6 Å². The molecule has 2 rings (SSSR count). The van der Waals surface area contributed by atoms with E-state index in [2.05, 4.69) is 10.6 Å². The second-order valence-electron chi connectivity index (χ2n) is 5.76. The maximum Gasteiger partial charge on any atom is 0.328 e. The quantitative estimate of drug-likeness (QED) is 0.534. The highest BCUT2D eigenvalue weighted by molar-refractivity contribution is 5.89. The lowest BCUT2D eigenvalue weighted by molar-refractivity contribution is -0.199. The van der Waals surface area contributed by atoms with Gasteiger partial charge in [0.05, 0.1) is 13.1 Å². The van der Waals surface area contributed by atoms with Crippen molar-refractivity contribution in [2.24, 2.45) is 0 Å². The third-order valence-electron chi connectivity index (χ3n) is 3.54. The van der Waals surface area contributed by atoms with Crippen molar-refractivity contribution in [2.45, 2.75) is 11.8 Å². The second-order valence-corrected chi connectivity index (χ2v) is 5.76. The average Bonchev–Trinajstić information content (AvgIpc) is 2.66. The Morgan fingerprint density at radius 3 is 1.29 bits per heavy atom. The van der Waals surface area contributed by atoms with Gasteiger partial charge in [-0.25, -0.2) is 9.59 Å². The second kappa shape index (κ2) is 9.07. The number of carbonyl (C=O) groups excluding carboxylic acids is 2. The molecule has 4 N–H and O–H groups in total. The molecule has 6 nitrogen and oxygen atoms in total. The first-order chi connectivity index (χ1) is 13.2. The number of rotatable bonds is 7. The van der Waals surface area contributed by atoms with Crippen molar-refractivity contribution in [3.05, 3.63) is 60.7 Å². The largest absolute Gasteiger partial charge is 0.332 e. The summed E-state index contributed by atoms with van der Waals surface area (Å²) in [5.41, 5.74) is 0.628. The summed E-state index contributed by atoms with van der Waals surface area (Å²) in [4.78, 5) is 23.2. The van der Waals surface area contributed by atoms with Crippen molar-refractivity contribution in [3.63, 3.8) is 0 Å². The summed E-state index contributed by atoms with van der Waals surface area (Å²) in [6, 6.07) is 13.7. The van der Waals surface area contributed by atoms with Crippen LogP contribution in [0.25, 0.3) is 0 Å². The lowest BCUT2D eigenvalue weighted by atomic mass is 10.1. The first-order valence-corrected chi connectivity index (χ1v) is 8.15. The number of hydrogen-bond donors (Lipinski definition) is 4. The summed E-state index contributed by atoms with van der Waals surface area (Å²) < 4.78 is 55.3. The van der Waals surface area contributed by atoms with Crippen LogP contribution in [0.15, 0.2) is 60.7 Å². The zero-order valence-electron chi connectivity index (χ0n) is 14.5. The normalized spacial score (nSPS) is 11.4. The topological polar surface area (TPSA) is 82.3 Å². The van der Waals surface area contributed by atoms with Crippen LogP contribution < -0.4 is 21.3 Å². The van der Waals surface area contributed by atoms with E-state index in [1.807, 2.05) is 0 Å². The molecule has 0 aliphatic heterocycles. The summed E-state index contributed by atoms with van der Waals surface area (Å²) in [5.74, 6) is -9.16. The Kier molecular flexibility index (Phi) is 6.80. The van der Waals surface area contributed by atoms with Crippen molar-refractivity contribution in [1.29, 1.82) is 0 Å². The summed E-state index contributed by atoms with van der Waals surface area (Å²) in [5, 5.41) is 7.86. The number of alkyl halides is 4. The van der Waals surface area contributed by atoms with Gasteiger partial charge < -0.3 is 21.3 Å². The number of para-hydroxylation sites is 2. The minimum Gasteiger partial charge on any atom is -0.332 e. The van der Waals surface area contributed by atoms with Crippen LogP contribution in [-0.2, 0) is 0 Å². The molecule has 0 radical (unpaired) electrons. The van der Waals surface area contributed by atoms with E-state index >= 15 is 0 Å². The van der Waals surface area contributed by atoms with Gasteiger partial charge in [-0.2, -0.15) is 17.6 Å². The zero-order chi connectivity index (χ0) is 20.6. The minimum absolute atomic E-state index is 0.314. The van der Waals surface area contributed by atoms with E-state index < -0.39 is 37.0 Å². The summed E-state index contributed by atoms with van der Waals surface area (Å²) in [7, 11) is 0. The molecule has 0 spiro atoms. The summed E-state index contributed by atoms with van der Waals surface area (Å²) in [6.45, 7) is -3.22. The molecule has 0 unspecified atom stereocenters. The molecule has 0 heterocycles. The third-order valence-corrected chi connectivity index (χ3v) is 3.54. The molecule has 0 saturated heterocycles. The Balaban J connectivity index is 1.82. The van der Waals surface area contributed by atoms with E-state index in [0.717, 1.165) is 0 Å². The van der Waals surface area contributed by atoms with Crippen LogP contribution in [0.4, 0.5) is 38.5 Å². The van der Waals surface area contributed by atoms with Crippen LogP contribution in [0.3, 0.4) is 0 Å². The molecule has 0 saturated carbocycles. The number of nitrogens with one attached hydrogen (secondary N) is 4. The molecule has 0 aliphatic carbocycles. The molecule has 28 heavy (non-hydrogen) atoms. The Bertz CT molecular complexity index is 721. The number of amides is 4. The number of urea groups is 2. The number of halogens is 4. The number of carbonyl (C=O) groups is 2. The highest BCUT2D eigenvalue weighted by Gasteiger charge is 2.56. The van der Waals surface area contributed by atoms with Gasteiger partial charge in [0, 0.05) is 11.4 Å². The molecule has 0 aliphatic rings. The van der Waals surface area contributed by atoms with E-state index in [-0.39, 0.29) is 0 Å². The minimum atomic E-state index is -4.58. The van der Waals surface area contributed by atoms with Crippen molar-refractivity contribution in [3.8, 4) is 0 Å². The van der Waals surface area contributed by atoms with Crippen molar-refractivity contribution < 1.29 is 27.2 Å². The molecule has 0 fully saturated rings. The molecule has 150 valence electrons. The summed E-state index contributed by atoms with van der Waals surface area (Å²) in [6.07, 6.45) is 0. The van der Waals surface area contributed by atoms with Gasteiger partial charge in [0.1, 0.15) is 0 Å². The van der Waals surface area contributed by atoms with Crippen molar-refractivity contribution in [2.75, 3.05) is 23.7 Å². The highest BCUT2D eigenvalue weighted by atomic mass is 19.3. The maximum absolute atomic E-state index is 13.8. The van der Waals surface area contributed by atoms with Gasteiger partial charge >= 0.3 is 23.9 Å². The molecule has 2 aromatic carbocycles. The molecule has 2 aromatic rings. The maximum atomic E-state index is 13.8. The molecule has 0 atom stereocenters. The first-order valence-electron chi connectivity index (χ1n) is 8.15. The standard InChI is InChI=1S/C18H18F4N4O2/c19-17(20,11-23-15(27)25-13-7-3-1-4-8-13)18(21,22)12-24-16(28)26-14-9-5-2-6-10-14/h1-10H,11-12H2,(H2,23,25,27)(H2,24,26,28). The fourth-order valence-electron chi connectivity index (χ4n) is 2.03. The Labute approximate surface area is 158 Å². The van der Waals surface area contributed by atoms with Crippen molar-refractivity contribution >= 4 is 23.4 Å². The highest BCUT2D eigenvalue weighted by Crippen LogP contribution is 2.33. The van der Waals surface area contributed by atoms with Crippen LogP contribution in [0.2, 0.25) is 0 Å². The van der Waals surface area contributed by atoms with Gasteiger partial charge in [-0.15, -0.1) is 0 Å². The lowest BCUT2D eigenvalue weighted by Gasteiger charge is -2.27. The Morgan fingerprint density at radius 1 is 0.643 bits per heavy atom. The summed E-state index contributed by atoms with van der Waals surface area (Å²) >= 11 is 0. The average molecular weight is 398 g/mol. The molecular weight excluding hydrogens is 380 g/mol. The number of benzene rings is 2. The van der Waals surface area contributed by atoms with Gasteiger partial charge in [-0.1, -0.05) is 36.4 Å². The molecule has 4 amide bonds. The van der Waals surface area contributed by atoms with Gasteiger partial charge in [0.2, 0.25) is 0 Å². The molecular formula is C18H18F4N4O2. The van der Waals surface area contributed by atoms with Gasteiger partial charge in [-0.3, -0.25) is 0 Å². The molecule has 0 aromatic heterocycles. The van der Waals surface area contributed by atoms with Gasteiger partial charge in [0.25, 0.3) is 0 Å². The number of hydrogen-bond acceptors (Lipinski definition) is 2. The fourth-order valence-corrected chi connectivity index (χ4v) is 2.03. The molecule has 0 bridgehead atoms. The van der Waals surface area contributed by atoms with Crippen LogP contribution in [0.5, 0.6) is 0 Å². The van der Waals surface area contributed by atoms with E-state index in [9.17, 15) is 27.2 Å². The number of anilines is 2. The van der Waals surface area contributed by atoms with Gasteiger partial charge in [-0.05, 0) is 24.3 Å². The van der Waals surface area contributed by atoms with Crippen LogP contribution in [0.1, 0.15) is 0 Å². The predicted octanol–water partition coefficient (Wildman–Crippen LogP) is 3.90. The van der Waals surface area contributed by atoms with Crippen LogP contribution in [0, 0.1) is 0 Å². The van der Waals surface area contributed by atoms with E-state index in [1.165, 1.54) is 24.3 Å². The van der Waals surface area contributed by atoms with E-state index in [0.29, 0.717) is 11.4 Å². The SMILES string of the molecule is O=C(NCC(F)(F)C(F)(F)CNC(=O)Nc1ccccc1)Nc1ccccc1. The Morgan fingerprint density at radius 2 is 0.964 bits per heavy atom. The van der Waals surface area contributed by atoms with Crippen LogP contribution >= 0.6 is 0 Å². The van der Waals surface area contributed by atoms with E-state index in [4.69, 9.17) is 0 Å². The first kappa shape index (κ1) is 21.0. The van der Waals surface area contributed by atoms with Crippen LogP contribution in [-0.4, -0.2) is 37.0 Å². The monoisotopic (exact) mass is 398 g/mol. The molecule has 10 heteroatoms. The predicted molar refractivity (Wildman–Crippen MR) is 96.8 cm³/mol. The van der Waals surface area contributed by atoms with Gasteiger partial charge in [0.15, 0.2) is 0 Å². The lowest BCUT2D eigenvalue weighted by Crippen LogP contribution is -2.55. The fraction of sp³-hybridized carbons (Fsp3) is 0.222. The smallest absolute Gasteiger partial charge is 0.328 e. The Hall–Kier alpha value is -3.30. The zero-order valence-corrected chi connectivity index (χ0v) is 14.5. The van der Waals surface area contributed by atoms with E-state index in [1.54, 1.807) is 47.0 Å². The third kappa shape index (κ3) is 6.15.